The zero-order chi connectivity index (χ0) is 10.2. The summed E-state index contributed by atoms with van der Waals surface area (Å²) in [6.07, 6.45) is -5.85. The van der Waals surface area contributed by atoms with Crippen LogP contribution in [0.25, 0.3) is 0 Å². The molecule has 0 aliphatic carbocycles. The molecule has 0 aromatic rings. The van der Waals surface area contributed by atoms with Gasteiger partial charge in [-0.3, -0.25) is 0 Å². The van der Waals surface area contributed by atoms with Crippen molar-refractivity contribution in [3.05, 3.63) is 0 Å². The summed E-state index contributed by atoms with van der Waals surface area (Å²) in [4.78, 5) is 1.48. The molecule has 0 aromatic heterocycles. The molecule has 3 nitrogen and oxygen atoms in total. The van der Waals surface area contributed by atoms with E-state index in [-0.39, 0.29) is 6.54 Å². The van der Waals surface area contributed by atoms with Gasteiger partial charge in [0.1, 0.15) is 0 Å². The van der Waals surface area contributed by atoms with Crippen molar-refractivity contribution in [1.82, 2.24) is 4.90 Å². The predicted molar refractivity (Wildman–Crippen MR) is 41.0 cm³/mol. The van der Waals surface area contributed by atoms with Gasteiger partial charge in [0.25, 0.3) is 0 Å². The lowest BCUT2D eigenvalue weighted by molar-refractivity contribution is -0.215. The van der Waals surface area contributed by atoms with E-state index < -0.39 is 24.2 Å². The van der Waals surface area contributed by atoms with Crippen molar-refractivity contribution in [2.75, 3.05) is 20.1 Å². The number of aliphatic hydroxyl groups is 1. The molecule has 0 aromatic carbocycles. The average Bonchev–Trinajstić information content (AvgIpc) is 1.94. The van der Waals surface area contributed by atoms with Crippen molar-refractivity contribution in [2.45, 2.75) is 18.3 Å². The lowest BCUT2D eigenvalue weighted by Gasteiger charge is -2.38. The SMILES string of the molecule is CN1C[C@@H](N)[C@H](O)[C@@H](C(F)(F)F)C1. The van der Waals surface area contributed by atoms with E-state index in [1.165, 1.54) is 4.90 Å². The molecule has 1 heterocycles. The summed E-state index contributed by atoms with van der Waals surface area (Å²) < 4.78 is 36.9. The van der Waals surface area contributed by atoms with Gasteiger partial charge < -0.3 is 15.7 Å². The largest absolute Gasteiger partial charge is 0.395 e. The van der Waals surface area contributed by atoms with Crippen LogP contribution in [0.5, 0.6) is 0 Å². The zero-order valence-corrected chi connectivity index (χ0v) is 7.25. The lowest BCUT2D eigenvalue weighted by atomic mass is 9.91. The number of hydrogen-bond donors (Lipinski definition) is 2. The van der Waals surface area contributed by atoms with E-state index in [1.54, 1.807) is 7.05 Å². The Morgan fingerprint density at radius 2 is 1.92 bits per heavy atom. The van der Waals surface area contributed by atoms with Crippen LogP contribution in [0.15, 0.2) is 0 Å². The molecule has 13 heavy (non-hydrogen) atoms. The zero-order valence-electron chi connectivity index (χ0n) is 7.25. The summed E-state index contributed by atoms with van der Waals surface area (Å²) in [5.41, 5.74) is 5.36. The standard InChI is InChI=1S/C7H13F3N2O/c1-12-2-4(7(8,9)10)6(13)5(11)3-12/h4-6,13H,2-3,11H2,1H3/t4-,5+,6+/m0/s1. The monoisotopic (exact) mass is 198 g/mol. The van der Waals surface area contributed by atoms with Gasteiger partial charge >= 0.3 is 6.18 Å². The summed E-state index contributed by atoms with van der Waals surface area (Å²) >= 11 is 0. The van der Waals surface area contributed by atoms with Crippen molar-refractivity contribution in [3.8, 4) is 0 Å². The van der Waals surface area contributed by atoms with E-state index in [0.29, 0.717) is 6.54 Å². The number of likely N-dealkylation sites (N-methyl/N-ethyl adjacent to an activating group) is 1. The number of nitrogens with zero attached hydrogens (tertiary/aromatic N) is 1. The first-order valence-electron chi connectivity index (χ1n) is 4.01. The topological polar surface area (TPSA) is 49.5 Å². The number of likely N-dealkylation sites (tertiary alicyclic amines) is 1. The number of halogens is 3. The molecule has 3 N–H and O–H groups in total. The van der Waals surface area contributed by atoms with Crippen LogP contribution in [0.2, 0.25) is 0 Å². The Labute approximate surface area is 74.3 Å². The predicted octanol–water partition coefficient (Wildman–Crippen LogP) is -0.202. The van der Waals surface area contributed by atoms with Crippen LogP contribution in [0.3, 0.4) is 0 Å². The fraction of sp³-hybridized carbons (Fsp3) is 1.00. The van der Waals surface area contributed by atoms with E-state index in [1.807, 2.05) is 0 Å². The fourth-order valence-corrected chi connectivity index (χ4v) is 1.58. The molecule has 6 heteroatoms. The van der Waals surface area contributed by atoms with Gasteiger partial charge in [0.2, 0.25) is 0 Å². The molecule has 0 unspecified atom stereocenters. The molecule has 1 rings (SSSR count). The normalized spacial score (nSPS) is 37.8. The minimum Gasteiger partial charge on any atom is -0.391 e. The van der Waals surface area contributed by atoms with E-state index in [2.05, 4.69) is 0 Å². The van der Waals surface area contributed by atoms with Crippen molar-refractivity contribution >= 4 is 0 Å². The summed E-state index contributed by atoms with van der Waals surface area (Å²) in [5.74, 6) is -1.72. The molecule has 1 aliphatic rings. The molecule has 3 atom stereocenters. The molecular weight excluding hydrogens is 185 g/mol. The quantitative estimate of drug-likeness (QED) is 0.566. The Balaban J connectivity index is 2.72. The molecule has 1 aliphatic heterocycles. The second kappa shape index (κ2) is 3.43. The Kier molecular flexibility index (Phi) is 2.84. The molecule has 1 fully saturated rings. The van der Waals surface area contributed by atoms with Gasteiger partial charge in [0.05, 0.1) is 12.0 Å². The van der Waals surface area contributed by atoms with E-state index in [9.17, 15) is 18.3 Å². The van der Waals surface area contributed by atoms with Crippen molar-refractivity contribution in [3.63, 3.8) is 0 Å². The second-order valence-corrected chi connectivity index (χ2v) is 3.52. The smallest absolute Gasteiger partial charge is 0.391 e. The second-order valence-electron chi connectivity index (χ2n) is 3.52. The van der Waals surface area contributed by atoms with Crippen molar-refractivity contribution in [2.24, 2.45) is 11.7 Å². The molecule has 0 radical (unpaired) electrons. The third-order valence-corrected chi connectivity index (χ3v) is 2.30. The highest BCUT2D eigenvalue weighted by Gasteiger charge is 2.48. The highest BCUT2D eigenvalue weighted by molar-refractivity contribution is 4.91. The first-order chi connectivity index (χ1) is 5.82. The highest BCUT2D eigenvalue weighted by Crippen LogP contribution is 2.32. The number of piperidine rings is 1. The van der Waals surface area contributed by atoms with Gasteiger partial charge in [-0.15, -0.1) is 0 Å². The molecule has 1 saturated heterocycles. The first-order valence-corrected chi connectivity index (χ1v) is 4.01. The van der Waals surface area contributed by atoms with Crippen LogP contribution in [-0.2, 0) is 0 Å². The molecule has 0 bridgehead atoms. The number of hydrogen-bond acceptors (Lipinski definition) is 3. The molecular formula is C7H13F3N2O. The highest BCUT2D eigenvalue weighted by atomic mass is 19.4. The van der Waals surface area contributed by atoms with Gasteiger partial charge in [0, 0.05) is 19.1 Å². The van der Waals surface area contributed by atoms with Crippen LogP contribution in [0.1, 0.15) is 0 Å². The van der Waals surface area contributed by atoms with Gasteiger partial charge in [-0.25, -0.2) is 0 Å². The minimum absolute atomic E-state index is 0.182. The van der Waals surface area contributed by atoms with Crippen LogP contribution >= 0.6 is 0 Å². The van der Waals surface area contributed by atoms with Gasteiger partial charge in [-0.2, -0.15) is 13.2 Å². The number of aliphatic hydroxyl groups excluding tert-OH is 1. The Morgan fingerprint density at radius 3 is 2.38 bits per heavy atom. The summed E-state index contributed by atoms with van der Waals surface area (Å²) in [6, 6.07) is -0.814. The summed E-state index contributed by atoms with van der Waals surface area (Å²) in [6.45, 7) is 0.117. The maximum absolute atomic E-state index is 12.3. The van der Waals surface area contributed by atoms with Crippen molar-refractivity contribution in [1.29, 1.82) is 0 Å². The van der Waals surface area contributed by atoms with E-state index in [4.69, 9.17) is 5.73 Å². The lowest BCUT2D eigenvalue weighted by Crippen LogP contribution is -2.58. The molecule has 0 spiro atoms. The Morgan fingerprint density at radius 1 is 1.38 bits per heavy atom. The average molecular weight is 198 g/mol. The van der Waals surface area contributed by atoms with Crippen LogP contribution in [0.4, 0.5) is 13.2 Å². The van der Waals surface area contributed by atoms with Crippen molar-refractivity contribution < 1.29 is 18.3 Å². The van der Waals surface area contributed by atoms with E-state index >= 15 is 0 Å². The third-order valence-electron chi connectivity index (χ3n) is 2.30. The molecule has 0 amide bonds. The minimum atomic E-state index is -4.37. The maximum atomic E-state index is 12.3. The third kappa shape index (κ3) is 2.32. The van der Waals surface area contributed by atoms with Gasteiger partial charge in [0.15, 0.2) is 0 Å². The summed E-state index contributed by atoms with van der Waals surface area (Å²) in [5, 5.41) is 9.22. The summed E-state index contributed by atoms with van der Waals surface area (Å²) in [7, 11) is 1.56. The number of nitrogens with two attached hydrogens (primary N) is 1. The Hall–Kier alpha value is -0.330. The van der Waals surface area contributed by atoms with Gasteiger partial charge in [-0.1, -0.05) is 0 Å². The van der Waals surface area contributed by atoms with E-state index in [0.717, 1.165) is 0 Å². The van der Waals surface area contributed by atoms with Crippen LogP contribution in [-0.4, -0.2) is 48.5 Å². The van der Waals surface area contributed by atoms with Crippen LogP contribution in [0, 0.1) is 5.92 Å². The number of alkyl halides is 3. The Bertz CT molecular complexity index is 185. The first kappa shape index (κ1) is 10.7. The van der Waals surface area contributed by atoms with Crippen LogP contribution < -0.4 is 5.73 Å². The number of rotatable bonds is 0. The molecule has 0 saturated carbocycles. The van der Waals surface area contributed by atoms with Gasteiger partial charge in [-0.05, 0) is 7.05 Å². The fourth-order valence-electron chi connectivity index (χ4n) is 1.58. The maximum Gasteiger partial charge on any atom is 0.395 e. The molecule has 78 valence electrons.